The Balaban J connectivity index is 1.68. The fourth-order valence-electron chi connectivity index (χ4n) is 3.35. The first kappa shape index (κ1) is 16.1. The van der Waals surface area contributed by atoms with E-state index in [1.807, 2.05) is 24.0 Å². The standard InChI is InChI=1S/C18H21N5OS/c1-3-9-23-14-6-10-22(18(24)15-5-4-12(2)25-15)11-13(14)16(21-23)17-19-7-8-20-17/h4-5,7-8H,3,6,9-11H2,1-2H3,(H,19,20). The van der Waals surface area contributed by atoms with E-state index < -0.39 is 0 Å². The predicted molar refractivity (Wildman–Crippen MR) is 97.6 cm³/mol. The van der Waals surface area contributed by atoms with E-state index in [-0.39, 0.29) is 5.91 Å². The average molecular weight is 355 g/mol. The molecule has 4 rings (SSSR count). The summed E-state index contributed by atoms with van der Waals surface area (Å²) in [5.74, 6) is 0.879. The minimum absolute atomic E-state index is 0.109. The highest BCUT2D eigenvalue weighted by Crippen LogP contribution is 2.30. The average Bonchev–Trinajstić information content (AvgIpc) is 3.34. The zero-order chi connectivity index (χ0) is 17.4. The summed E-state index contributed by atoms with van der Waals surface area (Å²) >= 11 is 1.56. The number of rotatable bonds is 4. The minimum atomic E-state index is 0.109. The summed E-state index contributed by atoms with van der Waals surface area (Å²) in [4.78, 5) is 24.3. The Labute approximate surface area is 150 Å². The molecule has 0 saturated heterocycles. The summed E-state index contributed by atoms with van der Waals surface area (Å²) in [7, 11) is 0. The van der Waals surface area contributed by atoms with Crippen LogP contribution in [-0.2, 0) is 19.5 Å². The number of imidazole rings is 1. The van der Waals surface area contributed by atoms with Crippen LogP contribution in [0.1, 0.15) is 39.2 Å². The van der Waals surface area contributed by atoms with Crippen molar-refractivity contribution < 1.29 is 4.79 Å². The molecular formula is C18H21N5OS. The van der Waals surface area contributed by atoms with Crippen LogP contribution in [0.3, 0.4) is 0 Å². The number of fused-ring (bicyclic) bond motifs is 1. The Morgan fingerprint density at radius 1 is 1.40 bits per heavy atom. The summed E-state index contributed by atoms with van der Waals surface area (Å²) in [6.07, 6.45) is 5.41. The highest BCUT2D eigenvalue weighted by Gasteiger charge is 2.29. The molecule has 1 amide bonds. The topological polar surface area (TPSA) is 66.8 Å². The van der Waals surface area contributed by atoms with E-state index in [2.05, 4.69) is 21.6 Å². The second kappa shape index (κ2) is 6.48. The summed E-state index contributed by atoms with van der Waals surface area (Å²) < 4.78 is 2.09. The first-order valence-corrected chi connectivity index (χ1v) is 9.43. The summed E-state index contributed by atoms with van der Waals surface area (Å²) in [5, 5.41) is 4.78. The van der Waals surface area contributed by atoms with Crippen LogP contribution in [0.4, 0.5) is 0 Å². The molecule has 25 heavy (non-hydrogen) atoms. The summed E-state index contributed by atoms with van der Waals surface area (Å²) in [6.45, 7) is 6.39. The molecule has 0 saturated carbocycles. The van der Waals surface area contributed by atoms with Gasteiger partial charge in [-0.3, -0.25) is 9.48 Å². The van der Waals surface area contributed by atoms with E-state index in [1.165, 1.54) is 5.69 Å². The number of nitrogens with zero attached hydrogens (tertiary/aromatic N) is 4. The Morgan fingerprint density at radius 3 is 2.96 bits per heavy atom. The Morgan fingerprint density at radius 2 is 2.28 bits per heavy atom. The van der Waals surface area contributed by atoms with Crippen molar-refractivity contribution in [2.45, 2.75) is 39.8 Å². The number of hydrogen-bond donors (Lipinski definition) is 1. The predicted octanol–water partition coefficient (Wildman–Crippen LogP) is 3.25. The molecule has 0 spiro atoms. The fraction of sp³-hybridized carbons (Fsp3) is 0.389. The zero-order valence-electron chi connectivity index (χ0n) is 14.5. The van der Waals surface area contributed by atoms with Crippen LogP contribution in [0.15, 0.2) is 24.5 Å². The van der Waals surface area contributed by atoms with E-state index in [0.29, 0.717) is 6.54 Å². The van der Waals surface area contributed by atoms with Crippen molar-refractivity contribution in [1.29, 1.82) is 0 Å². The lowest BCUT2D eigenvalue weighted by Gasteiger charge is -2.27. The van der Waals surface area contributed by atoms with Crippen LogP contribution in [-0.4, -0.2) is 37.1 Å². The largest absolute Gasteiger partial charge is 0.343 e. The van der Waals surface area contributed by atoms with Gasteiger partial charge in [-0.2, -0.15) is 5.10 Å². The van der Waals surface area contributed by atoms with E-state index in [9.17, 15) is 4.79 Å². The highest BCUT2D eigenvalue weighted by molar-refractivity contribution is 7.13. The monoisotopic (exact) mass is 355 g/mol. The molecule has 0 bridgehead atoms. The van der Waals surface area contributed by atoms with Gasteiger partial charge in [0.15, 0.2) is 5.82 Å². The smallest absolute Gasteiger partial charge is 0.264 e. The first-order chi connectivity index (χ1) is 12.2. The van der Waals surface area contributed by atoms with E-state index in [1.54, 1.807) is 23.7 Å². The van der Waals surface area contributed by atoms with Gasteiger partial charge in [-0.15, -0.1) is 11.3 Å². The highest BCUT2D eigenvalue weighted by atomic mass is 32.1. The maximum absolute atomic E-state index is 12.8. The Kier molecular flexibility index (Phi) is 4.17. The number of aromatic nitrogens is 4. The van der Waals surface area contributed by atoms with Gasteiger partial charge < -0.3 is 9.88 Å². The SMILES string of the molecule is CCCn1nc(-c2ncc[nH]2)c2c1CCN(C(=O)c1ccc(C)s1)C2. The van der Waals surface area contributed by atoms with Crippen LogP contribution in [0.5, 0.6) is 0 Å². The number of H-pyrrole nitrogens is 1. The van der Waals surface area contributed by atoms with Crippen LogP contribution in [0.2, 0.25) is 0 Å². The van der Waals surface area contributed by atoms with Crippen LogP contribution >= 0.6 is 11.3 Å². The van der Waals surface area contributed by atoms with Crippen molar-refractivity contribution in [2.75, 3.05) is 6.54 Å². The molecule has 1 aliphatic heterocycles. The van der Waals surface area contributed by atoms with Crippen molar-refractivity contribution in [3.63, 3.8) is 0 Å². The van der Waals surface area contributed by atoms with Crippen molar-refractivity contribution in [2.24, 2.45) is 0 Å². The molecule has 0 radical (unpaired) electrons. The first-order valence-electron chi connectivity index (χ1n) is 8.61. The Bertz CT molecular complexity index is 893. The third-order valence-electron chi connectivity index (χ3n) is 4.53. The quantitative estimate of drug-likeness (QED) is 0.781. The van der Waals surface area contributed by atoms with Gasteiger partial charge in [0, 0.05) is 48.0 Å². The number of carbonyl (C=O) groups excluding carboxylic acids is 1. The molecular weight excluding hydrogens is 334 g/mol. The molecule has 0 atom stereocenters. The van der Waals surface area contributed by atoms with E-state index in [4.69, 9.17) is 5.10 Å². The molecule has 0 unspecified atom stereocenters. The lowest BCUT2D eigenvalue weighted by Crippen LogP contribution is -2.36. The van der Waals surface area contributed by atoms with Gasteiger partial charge in [0.05, 0.1) is 11.4 Å². The van der Waals surface area contributed by atoms with E-state index >= 15 is 0 Å². The van der Waals surface area contributed by atoms with Gasteiger partial charge in [0.1, 0.15) is 5.69 Å². The second-order valence-electron chi connectivity index (χ2n) is 6.32. The number of aryl methyl sites for hydroxylation is 2. The van der Waals surface area contributed by atoms with Gasteiger partial charge >= 0.3 is 0 Å². The fourth-order valence-corrected chi connectivity index (χ4v) is 4.19. The van der Waals surface area contributed by atoms with Crippen molar-refractivity contribution in [3.05, 3.63) is 45.5 Å². The van der Waals surface area contributed by atoms with Crippen LogP contribution in [0.25, 0.3) is 11.5 Å². The molecule has 3 aromatic heterocycles. The normalized spacial score (nSPS) is 13.9. The Hall–Kier alpha value is -2.41. The molecule has 0 aromatic carbocycles. The van der Waals surface area contributed by atoms with Crippen molar-refractivity contribution in [3.8, 4) is 11.5 Å². The molecule has 1 aliphatic rings. The molecule has 0 fully saturated rings. The number of amides is 1. The summed E-state index contributed by atoms with van der Waals surface area (Å²) in [5.41, 5.74) is 3.23. The third-order valence-corrected chi connectivity index (χ3v) is 5.52. The molecule has 4 heterocycles. The number of hydrogen-bond acceptors (Lipinski definition) is 4. The van der Waals surface area contributed by atoms with E-state index in [0.717, 1.165) is 52.8 Å². The maximum Gasteiger partial charge on any atom is 0.264 e. The second-order valence-corrected chi connectivity index (χ2v) is 7.61. The number of nitrogens with one attached hydrogen (secondary N) is 1. The van der Waals surface area contributed by atoms with Gasteiger partial charge in [-0.05, 0) is 25.5 Å². The number of carbonyl (C=O) groups is 1. The van der Waals surface area contributed by atoms with Crippen LogP contribution < -0.4 is 0 Å². The van der Waals surface area contributed by atoms with Gasteiger partial charge in [-0.1, -0.05) is 6.92 Å². The van der Waals surface area contributed by atoms with Gasteiger partial charge in [0.2, 0.25) is 0 Å². The minimum Gasteiger partial charge on any atom is -0.343 e. The van der Waals surface area contributed by atoms with Gasteiger partial charge in [-0.25, -0.2) is 4.98 Å². The maximum atomic E-state index is 12.8. The number of thiophene rings is 1. The summed E-state index contributed by atoms with van der Waals surface area (Å²) in [6, 6.07) is 3.92. The van der Waals surface area contributed by atoms with Crippen LogP contribution in [0, 0.1) is 6.92 Å². The molecule has 7 heteroatoms. The zero-order valence-corrected chi connectivity index (χ0v) is 15.3. The molecule has 130 valence electrons. The van der Waals surface area contributed by atoms with Gasteiger partial charge in [0.25, 0.3) is 5.91 Å². The molecule has 0 aliphatic carbocycles. The molecule has 1 N–H and O–H groups in total. The molecule has 6 nitrogen and oxygen atoms in total. The van der Waals surface area contributed by atoms with Crippen molar-refractivity contribution >= 4 is 17.2 Å². The molecule has 3 aromatic rings. The lowest BCUT2D eigenvalue weighted by molar-refractivity contribution is 0.0738. The lowest BCUT2D eigenvalue weighted by atomic mass is 10.0. The number of aromatic amines is 1. The third kappa shape index (κ3) is 2.89. The van der Waals surface area contributed by atoms with Crippen molar-refractivity contribution in [1.82, 2.24) is 24.6 Å².